The molecule has 1 aromatic rings. The Bertz CT molecular complexity index is 640. The highest BCUT2D eigenvalue weighted by molar-refractivity contribution is 7.91. The molecule has 1 aromatic carbocycles. The largest absolute Gasteiger partial charge is 0.478 e. The molecule has 0 saturated carbocycles. The van der Waals surface area contributed by atoms with Crippen molar-refractivity contribution in [2.75, 3.05) is 18.1 Å². The molecule has 1 fully saturated rings. The minimum absolute atomic E-state index is 0.0136. The number of nitrogens with one attached hydrogen (secondary N) is 1. The molecule has 0 bridgehead atoms. The summed E-state index contributed by atoms with van der Waals surface area (Å²) in [7, 11) is -2.93. The average Bonchev–Trinajstić information content (AvgIpc) is 2.78. The Morgan fingerprint density at radius 3 is 2.55 bits per heavy atom. The zero-order valence-electron chi connectivity index (χ0n) is 12.6. The minimum atomic E-state index is -2.93. The SMILES string of the molecule is CC(C)(Oc1ccc(Cl)cc1)C(=O)NC[C@@H]1CCS(=O)(=O)C1. The van der Waals surface area contributed by atoms with Crippen molar-refractivity contribution in [3.63, 3.8) is 0 Å². The first-order valence-corrected chi connectivity index (χ1v) is 9.31. The summed E-state index contributed by atoms with van der Waals surface area (Å²) in [5.74, 6) is 0.615. The van der Waals surface area contributed by atoms with Crippen LogP contribution in [-0.4, -0.2) is 38.0 Å². The summed E-state index contributed by atoms with van der Waals surface area (Å²) in [4.78, 5) is 12.2. The Morgan fingerprint density at radius 2 is 2.00 bits per heavy atom. The molecule has 122 valence electrons. The van der Waals surface area contributed by atoms with Gasteiger partial charge in [0.05, 0.1) is 11.5 Å². The van der Waals surface area contributed by atoms with Crippen molar-refractivity contribution in [2.45, 2.75) is 25.9 Å². The Morgan fingerprint density at radius 1 is 1.36 bits per heavy atom. The van der Waals surface area contributed by atoms with Crippen LogP contribution in [0.4, 0.5) is 0 Å². The van der Waals surface area contributed by atoms with E-state index in [9.17, 15) is 13.2 Å². The fourth-order valence-electron chi connectivity index (χ4n) is 2.33. The molecule has 0 aliphatic carbocycles. The lowest BCUT2D eigenvalue weighted by atomic mass is 10.1. The minimum Gasteiger partial charge on any atom is -0.478 e. The third-order valence-electron chi connectivity index (χ3n) is 3.61. The zero-order chi connectivity index (χ0) is 16.4. The van der Waals surface area contributed by atoms with Gasteiger partial charge in [-0.1, -0.05) is 11.6 Å². The first kappa shape index (κ1) is 17.1. The van der Waals surface area contributed by atoms with Crippen molar-refractivity contribution >= 4 is 27.3 Å². The van der Waals surface area contributed by atoms with Gasteiger partial charge in [-0.05, 0) is 50.5 Å². The van der Waals surface area contributed by atoms with E-state index in [1.807, 2.05) is 0 Å². The van der Waals surface area contributed by atoms with E-state index in [0.717, 1.165) is 0 Å². The molecule has 0 unspecified atom stereocenters. The second-order valence-electron chi connectivity index (χ2n) is 6.05. The number of carbonyl (C=O) groups is 1. The maximum absolute atomic E-state index is 12.2. The smallest absolute Gasteiger partial charge is 0.263 e. The Kier molecular flexibility index (Phi) is 5.02. The zero-order valence-corrected chi connectivity index (χ0v) is 14.2. The average molecular weight is 346 g/mol. The van der Waals surface area contributed by atoms with Gasteiger partial charge in [-0.3, -0.25) is 4.79 Å². The molecule has 1 saturated heterocycles. The third kappa shape index (κ3) is 4.61. The molecule has 7 heteroatoms. The Labute approximate surface area is 135 Å². The number of ether oxygens (including phenoxy) is 1. The predicted molar refractivity (Wildman–Crippen MR) is 85.9 cm³/mol. The van der Waals surface area contributed by atoms with Gasteiger partial charge in [0.25, 0.3) is 5.91 Å². The van der Waals surface area contributed by atoms with E-state index in [-0.39, 0.29) is 23.3 Å². The second-order valence-corrected chi connectivity index (χ2v) is 8.71. The standard InChI is InChI=1S/C15H20ClNO4S/c1-15(2,21-13-5-3-12(16)4-6-13)14(18)17-9-11-7-8-22(19,20)10-11/h3-6,11H,7-10H2,1-2H3,(H,17,18)/t11-/m0/s1. The first-order valence-electron chi connectivity index (χ1n) is 7.11. The maximum atomic E-state index is 12.2. The predicted octanol–water partition coefficient (Wildman–Crippen LogP) is 2.05. The first-order chi connectivity index (χ1) is 10.2. The van der Waals surface area contributed by atoms with Gasteiger partial charge >= 0.3 is 0 Å². The van der Waals surface area contributed by atoms with E-state index in [2.05, 4.69) is 5.32 Å². The topological polar surface area (TPSA) is 72.5 Å². The molecule has 1 heterocycles. The summed E-state index contributed by atoms with van der Waals surface area (Å²) in [6.45, 7) is 3.69. The summed E-state index contributed by atoms with van der Waals surface area (Å²) in [5.41, 5.74) is -1.05. The van der Waals surface area contributed by atoms with Crippen molar-refractivity contribution in [1.82, 2.24) is 5.32 Å². The van der Waals surface area contributed by atoms with Crippen molar-refractivity contribution in [2.24, 2.45) is 5.92 Å². The molecule has 1 N–H and O–H groups in total. The van der Waals surface area contributed by atoms with E-state index in [1.165, 1.54) is 0 Å². The van der Waals surface area contributed by atoms with Crippen LogP contribution in [0.2, 0.25) is 5.02 Å². The van der Waals surface area contributed by atoms with E-state index >= 15 is 0 Å². The van der Waals surface area contributed by atoms with Crippen LogP contribution in [0, 0.1) is 5.92 Å². The van der Waals surface area contributed by atoms with Gasteiger partial charge in [-0.2, -0.15) is 0 Å². The number of hydrogen-bond acceptors (Lipinski definition) is 4. The fraction of sp³-hybridized carbons (Fsp3) is 0.533. The van der Waals surface area contributed by atoms with Crippen LogP contribution >= 0.6 is 11.6 Å². The summed E-state index contributed by atoms with van der Waals surface area (Å²) >= 11 is 5.81. The van der Waals surface area contributed by atoms with Gasteiger partial charge in [-0.25, -0.2) is 8.42 Å². The lowest BCUT2D eigenvalue weighted by Gasteiger charge is -2.26. The van der Waals surface area contributed by atoms with E-state index < -0.39 is 15.4 Å². The fourth-order valence-corrected chi connectivity index (χ4v) is 4.31. The van der Waals surface area contributed by atoms with Crippen molar-refractivity contribution < 1.29 is 17.9 Å². The third-order valence-corrected chi connectivity index (χ3v) is 5.70. The molecule has 1 aliphatic rings. The number of amides is 1. The molecule has 0 spiro atoms. The van der Waals surface area contributed by atoms with Crippen LogP contribution in [0.15, 0.2) is 24.3 Å². The van der Waals surface area contributed by atoms with E-state index in [1.54, 1.807) is 38.1 Å². The highest BCUT2D eigenvalue weighted by Crippen LogP contribution is 2.22. The Hall–Kier alpha value is -1.27. The molecule has 0 aromatic heterocycles. The molecule has 1 aliphatic heterocycles. The van der Waals surface area contributed by atoms with Crippen LogP contribution < -0.4 is 10.1 Å². The van der Waals surface area contributed by atoms with E-state index in [4.69, 9.17) is 16.3 Å². The summed E-state index contributed by atoms with van der Waals surface area (Å²) in [6, 6.07) is 6.77. The number of rotatable bonds is 5. The maximum Gasteiger partial charge on any atom is 0.263 e. The van der Waals surface area contributed by atoms with E-state index in [0.29, 0.717) is 23.7 Å². The summed E-state index contributed by atoms with van der Waals surface area (Å²) in [6.07, 6.45) is 0.598. The molecular weight excluding hydrogens is 326 g/mol. The number of hydrogen-bond donors (Lipinski definition) is 1. The number of carbonyl (C=O) groups excluding carboxylic acids is 1. The van der Waals surface area contributed by atoms with Crippen LogP contribution in [0.25, 0.3) is 0 Å². The molecular formula is C15H20ClNO4S. The van der Waals surface area contributed by atoms with Crippen LogP contribution in [0.1, 0.15) is 20.3 Å². The lowest BCUT2D eigenvalue weighted by molar-refractivity contribution is -0.134. The number of benzene rings is 1. The lowest BCUT2D eigenvalue weighted by Crippen LogP contribution is -2.47. The van der Waals surface area contributed by atoms with Crippen LogP contribution in [0.3, 0.4) is 0 Å². The summed E-state index contributed by atoms with van der Waals surface area (Å²) < 4.78 is 28.5. The van der Waals surface area contributed by atoms with Crippen molar-refractivity contribution in [1.29, 1.82) is 0 Å². The van der Waals surface area contributed by atoms with Gasteiger partial charge in [0.15, 0.2) is 15.4 Å². The molecule has 0 radical (unpaired) electrons. The van der Waals surface area contributed by atoms with Gasteiger partial charge in [0.1, 0.15) is 5.75 Å². The molecule has 5 nitrogen and oxygen atoms in total. The Balaban J connectivity index is 1.89. The molecule has 1 amide bonds. The quantitative estimate of drug-likeness (QED) is 0.886. The van der Waals surface area contributed by atoms with Gasteiger partial charge in [-0.15, -0.1) is 0 Å². The molecule has 2 rings (SSSR count). The van der Waals surface area contributed by atoms with Crippen LogP contribution in [-0.2, 0) is 14.6 Å². The highest BCUT2D eigenvalue weighted by Gasteiger charge is 2.32. The normalized spacial score (nSPS) is 20.6. The van der Waals surface area contributed by atoms with Gasteiger partial charge in [0, 0.05) is 11.6 Å². The molecule has 22 heavy (non-hydrogen) atoms. The van der Waals surface area contributed by atoms with Crippen molar-refractivity contribution in [3.05, 3.63) is 29.3 Å². The van der Waals surface area contributed by atoms with Gasteiger partial charge < -0.3 is 10.1 Å². The highest BCUT2D eigenvalue weighted by atomic mass is 35.5. The monoisotopic (exact) mass is 345 g/mol. The van der Waals surface area contributed by atoms with Crippen molar-refractivity contribution in [3.8, 4) is 5.75 Å². The molecule has 1 atom stereocenters. The number of halogens is 1. The summed E-state index contributed by atoms with van der Waals surface area (Å²) in [5, 5.41) is 3.37. The van der Waals surface area contributed by atoms with Crippen LogP contribution in [0.5, 0.6) is 5.75 Å². The second kappa shape index (κ2) is 6.46. The van der Waals surface area contributed by atoms with Gasteiger partial charge in [0.2, 0.25) is 0 Å². The number of sulfone groups is 1.